The molecule has 0 aromatic heterocycles. The van der Waals surface area contributed by atoms with Gasteiger partial charge in [-0.2, -0.15) is 0 Å². The zero-order valence-electron chi connectivity index (χ0n) is 11.4. The molecule has 0 bridgehead atoms. The second-order valence-corrected chi connectivity index (χ2v) is 5.36. The minimum Gasteiger partial charge on any atom is -0.394 e. The highest BCUT2D eigenvalue weighted by atomic mass is 79.9. The number of carbonyl (C=O) groups is 1. The van der Waals surface area contributed by atoms with Crippen LogP contribution in [-0.2, 0) is 4.79 Å². The molecule has 0 aliphatic carbocycles. The second kappa shape index (κ2) is 7.76. The van der Waals surface area contributed by atoms with Crippen LogP contribution in [0.1, 0.15) is 17.2 Å². The Bertz CT molecular complexity index is 626. The summed E-state index contributed by atoms with van der Waals surface area (Å²) in [5, 5.41) is 12.2. The third kappa shape index (κ3) is 4.55. The number of hydrogen-bond donors (Lipinski definition) is 2. The zero-order valence-corrected chi connectivity index (χ0v) is 13.0. The third-order valence-corrected chi connectivity index (χ3v) is 3.74. The average molecular weight is 346 g/mol. The predicted molar refractivity (Wildman–Crippen MR) is 87.6 cm³/mol. The van der Waals surface area contributed by atoms with Gasteiger partial charge in [-0.3, -0.25) is 4.79 Å². The van der Waals surface area contributed by atoms with Gasteiger partial charge in [0.2, 0.25) is 5.91 Å². The molecular formula is C17H16BrNO2. The summed E-state index contributed by atoms with van der Waals surface area (Å²) in [7, 11) is 0. The molecule has 0 radical (unpaired) electrons. The Hall–Kier alpha value is -1.91. The van der Waals surface area contributed by atoms with Gasteiger partial charge in [-0.05, 0) is 23.3 Å². The summed E-state index contributed by atoms with van der Waals surface area (Å²) in [4.78, 5) is 11.9. The lowest BCUT2D eigenvalue weighted by Gasteiger charge is -2.15. The molecule has 2 aromatic carbocycles. The van der Waals surface area contributed by atoms with Crippen LogP contribution in [0.4, 0.5) is 0 Å². The smallest absolute Gasteiger partial charge is 0.244 e. The highest BCUT2D eigenvalue weighted by Gasteiger charge is 2.11. The minimum atomic E-state index is -0.400. The first kappa shape index (κ1) is 15.5. The Morgan fingerprint density at radius 1 is 1.14 bits per heavy atom. The standard InChI is InChI=1S/C17H16BrNO2/c18-15-9-5-4-6-13(15)10-11-17(21)19-16(12-20)14-7-2-1-3-8-14/h1-11,16,20H,12H2,(H,19,21)/b11-10+/t16-/m1/s1. The first-order chi connectivity index (χ1) is 10.2. The van der Waals surface area contributed by atoms with E-state index >= 15 is 0 Å². The largest absolute Gasteiger partial charge is 0.394 e. The summed E-state index contributed by atoms with van der Waals surface area (Å²) in [6.07, 6.45) is 3.20. The van der Waals surface area contributed by atoms with Crippen LogP contribution < -0.4 is 5.32 Å². The molecule has 108 valence electrons. The van der Waals surface area contributed by atoms with Crippen molar-refractivity contribution in [1.82, 2.24) is 5.32 Å². The van der Waals surface area contributed by atoms with Crippen molar-refractivity contribution in [3.63, 3.8) is 0 Å². The van der Waals surface area contributed by atoms with Crippen molar-refractivity contribution in [2.45, 2.75) is 6.04 Å². The molecule has 0 aliphatic rings. The maximum absolute atomic E-state index is 11.9. The van der Waals surface area contributed by atoms with E-state index in [9.17, 15) is 9.90 Å². The maximum atomic E-state index is 11.9. The van der Waals surface area contributed by atoms with Crippen LogP contribution in [0.2, 0.25) is 0 Å². The molecule has 0 saturated heterocycles. The van der Waals surface area contributed by atoms with E-state index in [2.05, 4.69) is 21.2 Å². The molecule has 0 saturated carbocycles. The quantitative estimate of drug-likeness (QED) is 0.816. The molecule has 0 spiro atoms. The van der Waals surface area contributed by atoms with Gasteiger partial charge >= 0.3 is 0 Å². The van der Waals surface area contributed by atoms with Gasteiger partial charge in [-0.15, -0.1) is 0 Å². The van der Waals surface area contributed by atoms with Crippen LogP contribution in [-0.4, -0.2) is 17.6 Å². The summed E-state index contributed by atoms with van der Waals surface area (Å²) in [5.41, 5.74) is 1.80. The normalized spacial score (nSPS) is 12.3. The highest BCUT2D eigenvalue weighted by molar-refractivity contribution is 9.10. The Kier molecular flexibility index (Phi) is 5.72. The number of nitrogens with one attached hydrogen (secondary N) is 1. The molecule has 0 unspecified atom stereocenters. The molecule has 0 heterocycles. The van der Waals surface area contributed by atoms with Crippen molar-refractivity contribution in [3.8, 4) is 0 Å². The summed E-state index contributed by atoms with van der Waals surface area (Å²) in [6.45, 7) is -0.140. The van der Waals surface area contributed by atoms with Gasteiger partial charge in [0.25, 0.3) is 0 Å². The lowest BCUT2D eigenvalue weighted by molar-refractivity contribution is -0.117. The molecule has 4 heteroatoms. The van der Waals surface area contributed by atoms with Gasteiger partial charge in [-0.25, -0.2) is 0 Å². The lowest BCUT2D eigenvalue weighted by atomic mass is 10.1. The summed E-state index contributed by atoms with van der Waals surface area (Å²) >= 11 is 3.42. The summed E-state index contributed by atoms with van der Waals surface area (Å²) in [6, 6.07) is 16.6. The van der Waals surface area contributed by atoms with Gasteiger partial charge in [0.05, 0.1) is 12.6 Å². The number of aliphatic hydroxyl groups is 1. The summed E-state index contributed by atoms with van der Waals surface area (Å²) in [5.74, 6) is -0.242. The molecule has 2 aromatic rings. The van der Waals surface area contributed by atoms with Crippen LogP contribution in [0.15, 0.2) is 65.1 Å². The average Bonchev–Trinajstić information content (AvgIpc) is 2.52. The van der Waals surface area contributed by atoms with Crippen molar-refractivity contribution in [3.05, 3.63) is 76.3 Å². The van der Waals surface area contributed by atoms with E-state index in [1.54, 1.807) is 6.08 Å². The number of hydrogen-bond acceptors (Lipinski definition) is 2. The Morgan fingerprint density at radius 3 is 2.48 bits per heavy atom. The molecule has 2 N–H and O–H groups in total. The fraction of sp³-hybridized carbons (Fsp3) is 0.118. The van der Waals surface area contributed by atoms with Gasteiger partial charge < -0.3 is 10.4 Å². The maximum Gasteiger partial charge on any atom is 0.244 e. The van der Waals surface area contributed by atoms with Gasteiger partial charge in [0, 0.05) is 10.5 Å². The molecule has 0 fully saturated rings. The number of halogens is 1. The molecule has 21 heavy (non-hydrogen) atoms. The van der Waals surface area contributed by atoms with Crippen molar-refractivity contribution < 1.29 is 9.90 Å². The number of rotatable bonds is 5. The molecule has 3 nitrogen and oxygen atoms in total. The molecule has 1 atom stereocenters. The first-order valence-corrected chi connectivity index (χ1v) is 7.39. The van der Waals surface area contributed by atoms with Crippen molar-refractivity contribution in [2.75, 3.05) is 6.61 Å². The van der Waals surface area contributed by atoms with Crippen molar-refractivity contribution >= 4 is 27.9 Å². The van der Waals surface area contributed by atoms with E-state index < -0.39 is 6.04 Å². The molecule has 0 aliphatic heterocycles. The zero-order chi connectivity index (χ0) is 15.1. The number of carbonyl (C=O) groups excluding carboxylic acids is 1. The number of amides is 1. The van der Waals surface area contributed by atoms with Crippen molar-refractivity contribution in [2.24, 2.45) is 0 Å². The van der Waals surface area contributed by atoms with E-state index in [1.807, 2.05) is 54.6 Å². The molecule has 2 rings (SSSR count). The van der Waals surface area contributed by atoms with Gasteiger partial charge in [-0.1, -0.05) is 64.5 Å². The van der Waals surface area contributed by atoms with Crippen LogP contribution in [0.3, 0.4) is 0 Å². The monoisotopic (exact) mass is 345 g/mol. The van der Waals surface area contributed by atoms with E-state index in [1.165, 1.54) is 6.08 Å². The van der Waals surface area contributed by atoms with Gasteiger partial charge in [0.1, 0.15) is 0 Å². The Balaban J connectivity index is 2.02. The van der Waals surface area contributed by atoms with Crippen LogP contribution in [0.5, 0.6) is 0 Å². The van der Waals surface area contributed by atoms with Crippen LogP contribution in [0, 0.1) is 0 Å². The topological polar surface area (TPSA) is 49.3 Å². The third-order valence-electron chi connectivity index (χ3n) is 3.02. The van der Waals surface area contributed by atoms with E-state index in [0.717, 1.165) is 15.6 Å². The number of aliphatic hydroxyl groups excluding tert-OH is 1. The lowest BCUT2D eigenvalue weighted by Crippen LogP contribution is -2.29. The van der Waals surface area contributed by atoms with Crippen LogP contribution in [0.25, 0.3) is 6.08 Å². The fourth-order valence-corrected chi connectivity index (χ4v) is 2.33. The first-order valence-electron chi connectivity index (χ1n) is 6.59. The molecule has 1 amide bonds. The van der Waals surface area contributed by atoms with Crippen LogP contribution >= 0.6 is 15.9 Å². The SMILES string of the molecule is O=C(/C=C/c1ccccc1Br)N[C@H](CO)c1ccccc1. The molecular weight excluding hydrogens is 330 g/mol. The fourth-order valence-electron chi connectivity index (χ4n) is 1.92. The summed E-state index contributed by atoms with van der Waals surface area (Å²) < 4.78 is 0.927. The van der Waals surface area contributed by atoms with Crippen molar-refractivity contribution in [1.29, 1.82) is 0 Å². The van der Waals surface area contributed by atoms with E-state index in [-0.39, 0.29) is 12.5 Å². The Morgan fingerprint density at radius 2 is 1.81 bits per heavy atom. The van der Waals surface area contributed by atoms with E-state index in [0.29, 0.717) is 0 Å². The minimum absolute atomic E-state index is 0.140. The highest BCUT2D eigenvalue weighted by Crippen LogP contribution is 2.17. The van der Waals surface area contributed by atoms with Gasteiger partial charge in [0.15, 0.2) is 0 Å². The Labute approximate surface area is 132 Å². The predicted octanol–water partition coefficient (Wildman–Crippen LogP) is 3.31. The second-order valence-electron chi connectivity index (χ2n) is 4.51. The van der Waals surface area contributed by atoms with E-state index in [4.69, 9.17) is 0 Å². The number of benzene rings is 2.